The van der Waals surface area contributed by atoms with Crippen LogP contribution in [0.4, 0.5) is 0 Å². The lowest BCUT2D eigenvalue weighted by Crippen LogP contribution is -2.21. The van der Waals surface area contributed by atoms with Crippen molar-refractivity contribution in [2.45, 2.75) is 58.3 Å². The van der Waals surface area contributed by atoms with E-state index in [0.717, 1.165) is 31.4 Å². The highest BCUT2D eigenvalue weighted by Gasteiger charge is 2.20. The van der Waals surface area contributed by atoms with Crippen molar-refractivity contribution in [3.63, 3.8) is 0 Å². The zero-order chi connectivity index (χ0) is 12.3. The smallest absolute Gasteiger partial charge is 0.0950 e. The maximum Gasteiger partial charge on any atom is 0.0950 e. The van der Waals surface area contributed by atoms with Gasteiger partial charge in [0, 0.05) is 25.3 Å². The molecule has 0 bridgehead atoms. The first-order chi connectivity index (χ1) is 8.03. The van der Waals surface area contributed by atoms with E-state index >= 15 is 0 Å². The third-order valence-corrected chi connectivity index (χ3v) is 2.72. The molecule has 0 unspecified atom stereocenters. The molecule has 0 aromatic carbocycles. The molecule has 1 aliphatic carbocycles. The molecule has 0 radical (unpaired) electrons. The number of hydrogen-bond donors (Lipinski definition) is 1. The minimum atomic E-state index is -0.0586. The Morgan fingerprint density at radius 3 is 2.88 bits per heavy atom. The Kier molecular flexibility index (Phi) is 3.84. The van der Waals surface area contributed by atoms with Crippen molar-refractivity contribution in [3.05, 3.63) is 18.2 Å². The molecular formula is C13H23N3O. The van der Waals surface area contributed by atoms with Gasteiger partial charge in [-0.15, -0.1) is 0 Å². The molecule has 2 rings (SSSR count). The molecule has 1 aromatic rings. The molecule has 4 heteroatoms. The molecule has 1 heterocycles. The van der Waals surface area contributed by atoms with E-state index in [4.69, 9.17) is 4.74 Å². The molecule has 0 saturated heterocycles. The van der Waals surface area contributed by atoms with Crippen molar-refractivity contribution in [2.75, 3.05) is 6.61 Å². The molecule has 96 valence electrons. The zero-order valence-corrected chi connectivity index (χ0v) is 11.1. The number of imidazole rings is 1. The minimum Gasteiger partial charge on any atom is -0.374 e. The first-order valence-corrected chi connectivity index (χ1v) is 6.41. The SMILES string of the molecule is CC(C)(C)OCCn1cnc(CNC2CC2)c1. The summed E-state index contributed by atoms with van der Waals surface area (Å²) in [4.78, 5) is 4.38. The number of nitrogens with one attached hydrogen (secondary N) is 1. The van der Waals surface area contributed by atoms with Crippen LogP contribution in [0.1, 0.15) is 39.3 Å². The molecule has 1 saturated carbocycles. The van der Waals surface area contributed by atoms with Crippen molar-refractivity contribution in [1.29, 1.82) is 0 Å². The molecule has 17 heavy (non-hydrogen) atoms. The van der Waals surface area contributed by atoms with E-state index < -0.39 is 0 Å². The lowest BCUT2D eigenvalue weighted by molar-refractivity contribution is -0.00683. The Bertz CT molecular complexity index is 350. The highest BCUT2D eigenvalue weighted by Crippen LogP contribution is 2.18. The fraction of sp³-hybridized carbons (Fsp3) is 0.769. The average Bonchev–Trinajstić information content (AvgIpc) is 2.95. The van der Waals surface area contributed by atoms with Crippen molar-refractivity contribution < 1.29 is 4.74 Å². The van der Waals surface area contributed by atoms with Crippen molar-refractivity contribution in [2.24, 2.45) is 0 Å². The highest BCUT2D eigenvalue weighted by molar-refractivity contribution is 4.97. The van der Waals surface area contributed by atoms with Crippen LogP contribution in [-0.4, -0.2) is 27.8 Å². The van der Waals surface area contributed by atoms with Gasteiger partial charge < -0.3 is 14.6 Å². The molecule has 0 aliphatic heterocycles. The second kappa shape index (κ2) is 5.19. The van der Waals surface area contributed by atoms with Gasteiger partial charge in [-0.25, -0.2) is 4.98 Å². The quantitative estimate of drug-likeness (QED) is 0.822. The van der Waals surface area contributed by atoms with Crippen LogP contribution in [0.15, 0.2) is 12.5 Å². The Morgan fingerprint density at radius 2 is 2.24 bits per heavy atom. The van der Waals surface area contributed by atoms with Crippen molar-refractivity contribution in [1.82, 2.24) is 14.9 Å². The Hall–Kier alpha value is -0.870. The van der Waals surface area contributed by atoms with Gasteiger partial charge in [-0.05, 0) is 33.6 Å². The normalized spacial score (nSPS) is 16.4. The molecule has 1 N–H and O–H groups in total. The number of nitrogens with zero attached hydrogens (tertiary/aromatic N) is 2. The molecule has 0 spiro atoms. The summed E-state index contributed by atoms with van der Waals surface area (Å²) in [7, 11) is 0. The van der Waals surface area contributed by atoms with Crippen LogP contribution < -0.4 is 5.32 Å². The van der Waals surface area contributed by atoms with Crippen LogP contribution in [0.5, 0.6) is 0 Å². The summed E-state index contributed by atoms with van der Waals surface area (Å²) < 4.78 is 7.78. The van der Waals surface area contributed by atoms with Gasteiger partial charge in [0.05, 0.1) is 24.2 Å². The number of ether oxygens (including phenoxy) is 1. The summed E-state index contributed by atoms with van der Waals surface area (Å²) in [6.45, 7) is 8.71. The number of hydrogen-bond acceptors (Lipinski definition) is 3. The first kappa shape index (κ1) is 12.6. The van der Waals surface area contributed by atoms with Crippen molar-refractivity contribution >= 4 is 0 Å². The average molecular weight is 237 g/mol. The lowest BCUT2D eigenvalue weighted by atomic mass is 10.2. The Morgan fingerprint density at radius 1 is 1.47 bits per heavy atom. The Balaban J connectivity index is 1.69. The summed E-state index contributed by atoms with van der Waals surface area (Å²) in [5.41, 5.74) is 1.06. The summed E-state index contributed by atoms with van der Waals surface area (Å²) in [5, 5.41) is 3.46. The van der Waals surface area contributed by atoms with Gasteiger partial charge in [-0.3, -0.25) is 0 Å². The number of aromatic nitrogens is 2. The second-order valence-electron chi connectivity index (χ2n) is 5.72. The maximum absolute atomic E-state index is 5.69. The second-order valence-corrected chi connectivity index (χ2v) is 5.72. The van der Waals surface area contributed by atoms with Gasteiger partial charge >= 0.3 is 0 Å². The van der Waals surface area contributed by atoms with Gasteiger partial charge in [0.1, 0.15) is 0 Å². The third-order valence-electron chi connectivity index (χ3n) is 2.72. The van der Waals surface area contributed by atoms with Gasteiger partial charge in [0.2, 0.25) is 0 Å². The van der Waals surface area contributed by atoms with Gasteiger partial charge in [0.25, 0.3) is 0 Å². The van der Waals surface area contributed by atoms with Crippen LogP contribution in [0.2, 0.25) is 0 Å². The van der Waals surface area contributed by atoms with Crippen LogP contribution in [0.25, 0.3) is 0 Å². The lowest BCUT2D eigenvalue weighted by Gasteiger charge is -2.19. The van der Waals surface area contributed by atoms with Crippen LogP contribution in [-0.2, 0) is 17.8 Å². The van der Waals surface area contributed by atoms with E-state index in [1.54, 1.807) is 0 Å². The zero-order valence-electron chi connectivity index (χ0n) is 11.1. The molecule has 1 fully saturated rings. The Labute approximate surface area is 103 Å². The molecule has 1 aliphatic rings. The van der Waals surface area contributed by atoms with E-state index in [1.165, 1.54) is 12.8 Å². The predicted octanol–water partition coefficient (Wildman–Crippen LogP) is 1.95. The predicted molar refractivity (Wildman–Crippen MR) is 67.8 cm³/mol. The third kappa shape index (κ3) is 4.88. The molecule has 1 aromatic heterocycles. The fourth-order valence-corrected chi connectivity index (χ4v) is 1.61. The monoisotopic (exact) mass is 237 g/mol. The van der Waals surface area contributed by atoms with Crippen molar-refractivity contribution in [3.8, 4) is 0 Å². The topological polar surface area (TPSA) is 39.1 Å². The summed E-state index contributed by atoms with van der Waals surface area (Å²) in [6, 6.07) is 0.740. The van der Waals surface area contributed by atoms with Crippen LogP contribution in [0, 0.1) is 0 Å². The summed E-state index contributed by atoms with van der Waals surface area (Å²) in [6.07, 6.45) is 6.62. The summed E-state index contributed by atoms with van der Waals surface area (Å²) >= 11 is 0. The van der Waals surface area contributed by atoms with Gasteiger partial charge in [-0.1, -0.05) is 0 Å². The highest BCUT2D eigenvalue weighted by atomic mass is 16.5. The van der Waals surface area contributed by atoms with E-state index in [2.05, 4.69) is 41.8 Å². The molecule has 0 amide bonds. The van der Waals surface area contributed by atoms with Gasteiger partial charge in [-0.2, -0.15) is 0 Å². The molecule has 0 atom stereocenters. The fourth-order valence-electron chi connectivity index (χ4n) is 1.61. The first-order valence-electron chi connectivity index (χ1n) is 6.41. The van der Waals surface area contributed by atoms with E-state index in [-0.39, 0.29) is 5.60 Å². The summed E-state index contributed by atoms with van der Waals surface area (Å²) in [5.74, 6) is 0. The molecule has 4 nitrogen and oxygen atoms in total. The minimum absolute atomic E-state index is 0.0586. The van der Waals surface area contributed by atoms with Crippen LogP contribution in [0.3, 0.4) is 0 Å². The van der Waals surface area contributed by atoms with E-state index in [1.807, 2.05) is 6.33 Å². The maximum atomic E-state index is 5.69. The number of rotatable bonds is 6. The standard InChI is InChI=1S/C13H23N3O/c1-13(2,3)17-7-6-16-9-12(15-10-16)8-14-11-4-5-11/h9-11,14H,4-8H2,1-3H3. The largest absolute Gasteiger partial charge is 0.374 e. The van der Waals surface area contributed by atoms with E-state index in [0.29, 0.717) is 0 Å². The van der Waals surface area contributed by atoms with E-state index in [9.17, 15) is 0 Å². The van der Waals surface area contributed by atoms with Gasteiger partial charge in [0.15, 0.2) is 0 Å². The molecular weight excluding hydrogens is 214 g/mol. The van der Waals surface area contributed by atoms with Crippen LogP contribution >= 0.6 is 0 Å².